The molecule has 2 aromatic rings. The molecule has 0 saturated heterocycles. The lowest BCUT2D eigenvalue weighted by Gasteiger charge is -2.22. The van der Waals surface area contributed by atoms with Gasteiger partial charge in [-0.25, -0.2) is 4.98 Å². The maximum atomic E-state index is 11.7. The Kier molecular flexibility index (Phi) is 2.87. The highest BCUT2D eigenvalue weighted by Crippen LogP contribution is 2.27. The Labute approximate surface area is 107 Å². The Balaban J connectivity index is 1.74. The Morgan fingerprint density at radius 3 is 3.11 bits per heavy atom. The maximum absolute atomic E-state index is 11.7. The second-order valence-corrected chi connectivity index (χ2v) is 5.25. The molecule has 2 aromatic heterocycles. The molecule has 0 bridgehead atoms. The van der Waals surface area contributed by atoms with Crippen molar-refractivity contribution in [1.82, 2.24) is 9.38 Å². The molecule has 18 heavy (non-hydrogen) atoms. The van der Waals surface area contributed by atoms with E-state index in [9.17, 15) is 9.59 Å². The fourth-order valence-corrected chi connectivity index (χ4v) is 2.61. The molecule has 0 atom stereocenters. The molecule has 0 aliphatic heterocycles. The number of hydrogen-bond donors (Lipinski definition) is 0. The van der Waals surface area contributed by atoms with Crippen molar-refractivity contribution in [2.45, 2.75) is 25.9 Å². The highest BCUT2D eigenvalue weighted by molar-refractivity contribution is 7.15. The zero-order valence-corrected chi connectivity index (χ0v) is 10.5. The fraction of sp³-hybridized carbons (Fsp3) is 0.417. The molecule has 0 aromatic carbocycles. The minimum Gasteiger partial charge on any atom is -0.459 e. The minimum atomic E-state index is -0.172. The number of ether oxygens (including phenoxy) is 1. The van der Waals surface area contributed by atoms with Crippen LogP contribution in [0.2, 0.25) is 0 Å². The van der Waals surface area contributed by atoms with E-state index in [1.54, 1.807) is 11.6 Å². The summed E-state index contributed by atoms with van der Waals surface area (Å²) in [6, 6.07) is 1.41. The highest BCUT2D eigenvalue weighted by atomic mass is 32.1. The van der Waals surface area contributed by atoms with Crippen molar-refractivity contribution in [3.05, 3.63) is 33.7 Å². The van der Waals surface area contributed by atoms with Crippen molar-refractivity contribution in [2.24, 2.45) is 5.92 Å². The van der Waals surface area contributed by atoms with Gasteiger partial charge in [-0.3, -0.25) is 14.0 Å². The number of nitrogens with zero attached hydrogens (tertiary/aromatic N) is 2. The van der Waals surface area contributed by atoms with Crippen LogP contribution < -0.4 is 5.56 Å². The third-order valence-corrected chi connectivity index (χ3v) is 3.91. The summed E-state index contributed by atoms with van der Waals surface area (Å²) in [6.45, 7) is 0.0823. The minimum absolute atomic E-state index is 0.0524. The first-order valence-electron chi connectivity index (χ1n) is 5.86. The first-order chi connectivity index (χ1) is 8.74. The molecular weight excluding hydrogens is 252 g/mol. The number of hydrogen-bond acceptors (Lipinski definition) is 5. The van der Waals surface area contributed by atoms with E-state index in [-0.39, 0.29) is 24.1 Å². The van der Waals surface area contributed by atoms with Crippen molar-refractivity contribution in [2.75, 3.05) is 0 Å². The van der Waals surface area contributed by atoms with E-state index >= 15 is 0 Å². The van der Waals surface area contributed by atoms with Gasteiger partial charge in [0.25, 0.3) is 5.56 Å². The van der Waals surface area contributed by atoms with Crippen molar-refractivity contribution >= 4 is 22.3 Å². The molecule has 0 amide bonds. The number of rotatable bonds is 3. The van der Waals surface area contributed by atoms with Crippen LogP contribution in [0.5, 0.6) is 0 Å². The maximum Gasteiger partial charge on any atom is 0.309 e. The zero-order chi connectivity index (χ0) is 12.5. The molecule has 0 unspecified atom stereocenters. The number of carbonyl (C=O) groups excluding carboxylic acids is 1. The van der Waals surface area contributed by atoms with E-state index in [2.05, 4.69) is 4.98 Å². The lowest BCUT2D eigenvalue weighted by atomic mass is 9.86. The second-order valence-electron chi connectivity index (χ2n) is 4.38. The normalized spacial score (nSPS) is 15.6. The van der Waals surface area contributed by atoms with Gasteiger partial charge in [-0.1, -0.05) is 6.42 Å². The van der Waals surface area contributed by atoms with Crippen LogP contribution in [0.1, 0.15) is 25.0 Å². The fourth-order valence-electron chi connectivity index (χ4n) is 1.87. The van der Waals surface area contributed by atoms with Gasteiger partial charge >= 0.3 is 5.97 Å². The van der Waals surface area contributed by atoms with Gasteiger partial charge in [0.1, 0.15) is 6.61 Å². The summed E-state index contributed by atoms with van der Waals surface area (Å²) < 4.78 is 6.64. The van der Waals surface area contributed by atoms with Gasteiger partial charge in [0.05, 0.1) is 11.6 Å². The van der Waals surface area contributed by atoms with Crippen LogP contribution in [0.3, 0.4) is 0 Å². The molecule has 1 fully saturated rings. The van der Waals surface area contributed by atoms with Gasteiger partial charge in [-0.15, -0.1) is 11.3 Å². The summed E-state index contributed by atoms with van der Waals surface area (Å²) in [4.78, 5) is 28.2. The van der Waals surface area contributed by atoms with Crippen LogP contribution in [0.15, 0.2) is 22.4 Å². The monoisotopic (exact) mass is 264 g/mol. The molecule has 94 valence electrons. The van der Waals surface area contributed by atoms with Crippen LogP contribution in [-0.4, -0.2) is 15.4 Å². The van der Waals surface area contributed by atoms with Gasteiger partial charge < -0.3 is 4.74 Å². The number of carbonyl (C=O) groups is 1. The van der Waals surface area contributed by atoms with E-state index in [0.29, 0.717) is 10.7 Å². The van der Waals surface area contributed by atoms with Crippen molar-refractivity contribution < 1.29 is 9.53 Å². The van der Waals surface area contributed by atoms with E-state index in [4.69, 9.17) is 4.74 Å². The van der Waals surface area contributed by atoms with E-state index in [1.165, 1.54) is 21.8 Å². The van der Waals surface area contributed by atoms with E-state index in [0.717, 1.165) is 19.3 Å². The predicted molar refractivity (Wildman–Crippen MR) is 66.5 cm³/mol. The van der Waals surface area contributed by atoms with Crippen molar-refractivity contribution in [1.29, 1.82) is 0 Å². The van der Waals surface area contributed by atoms with E-state index < -0.39 is 0 Å². The second kappa shape index (κ2) is 4.53. The molecule has 0 spiro atoms. The largest absolute Gasteiger partial charge is 0.459 e. The molecule has 6 heteroatoms. The van der Waals surface area contributed by atoms with Gasteiger partial charge in [0, 0.05) is 17.6 Å². The molecule has 1 aliphatic carbocycles. The lowest BCUT2D eigenvalue weighted by molar-refractivity contribution is -0.152. The van der Waals surface area contributed by atoms with Crippen LogP contribution in [0.4, 0.5) is 0 Å². The quantitative estimate of drug-likeness (QED) is 0.790. The molecular formula is C12H12N2O3S. The van der Waals surface area contributed by atoms with Crippen LogP contribution in [0, 0.1) is 5.92 Å². The average molecular weight is 264 g/mol. The van der Waals surface area contributed by atoms with Gasteiger partial charge in [0.2, 0.25) is 0 Å². The van der Waals surface area contributed by atoms with Crippen LogP contribution in [-0.2, 0) is 16.1 Å². The van der Waals surface area contributed by atoms with Crippen molar-refractivity contribution in [3.63, 3.8) is 0 Å². The first-order valence-corrected chi connectivity index (χ1v) is 6.74. The molecule has 1 saturated carbocycles. The van der Waals surface area contributed by atoms with E-state index in [1.807, 2.05) is 0 Å². The average Bonchev–Trinajstić information content (AvgIpc) is 2.72. The molecule has 0 radical (unpaired) electrons. The Morgan fingerprint density at radius 1 is 1.56 bits per heavy atom. The highest BCUT2D eigenvalue weighted by Gasteiger charge is 2.26. The Hall–Kier alpha value is -1.69. The summed E-state index contributed by atoms with van der Waals surface area (Å²) in [7, 11) is 0. The first kappa shape index (κ1) is 11.4. The number of thiazole rings is 1. The molecule has 2 heterocycles. The Bertz CT molecular complexity index is 642. The summed E-state index contributed by atoms with van der Waals surface area (Å²) >= 11 is 1.38. The predicted octanol–water partition coefficient (Wildman–Crippen LogP) is 1.60. The summed E-state index contributed by atoms with van der Waals surface area (Å²) in [6.07, 6.45) is 4.61. The summed E-state index contributed by atoms with van der Waals surface area (Å²) in [5.74, 6) is -0.119. The third kappa shape index (κ3) is 2.03. The number of fused-ring (bicyclic) bond motifs is 1. The number of esters is 1. The summed E-state index contributed by atoms with van der Waals surface area (Å²) in [5.41, 5.74) is 0.367. The van der Waals surface area contributed by atoms with Gasteiger partial charge in [-0.2, -0.15) is 0 Å². The smallest absolute Gasteiger partial charge is 0.309 e. The lowest BCUT2D eigenvalue weighted by Crippen LogP contribution is -2.24. The standard InChI is InChI=1S/C12H12N2O3S/c15-10-6-9(13-12-14(10)4-5-18-12)7-17-11(16)8-2-1-3-8/h4-6,8H,1-3,7H2. The molecule has 0 N–H and O–H groups in total. The van der Waals surface area contributed by atoms with Gasteiger partial charge in [-0.05, 0) is 12.8 Å². The topological polar surface area (TPSA) is 60.7 Å². The SMILES string of the molecule is O=C(OCc1cc(=O)n2ccsc2n1)C1CCC1. The third-order valence-electron chi connectivity index (χ3n) is 3.16. The summed E-state index contributed by atoms with van der Waals surface area (Å²) in [5, 5.41) is 1.80. The van der Waals surface area contributed by atoms with Crippen LogP contribution in [0.25, 0.3) is 4.96 Å². The zero-order valence-electron chi connectivity index (χ0n) is 9.67. The molecule has 1 aliphatic rings. The van der Waals surface area contributed by atoms with Crippen molar-refractivity contribution in [3.8, 4) is 0 Å². The number of aromatic nitrogens is 2. The molecule has 3 rings (SSSR count). The molecule has 5 nitrogen and oxygen atoms in total. The van der Waals surface area contributed by atoms with Gasteiger partial charge in [0.15, 0.2) is 4.96 Å². The Morgan fingerprint density at radius 2 is 2.39 bits per heavy atom. The van der Waals surface area contributed by atoms with Crippen LogP contribution >= 0.6 is 11.3 Å².